The van der Waals surface area contributed by atoms with Crippen LogP contribution in [0, 0.1) is 0 Å². The predicted molar refractivity (Wildman–Crippen MR) is 43.8 cm³/mol. The molecule has 0 bridgehead atoms. The van der Waals surface area contributed by atoms with Crippen LogP contribution in [0.25, 0.3) is 0 Å². The molecule has 4 heteroatoms. The van der Waals surface area contributed by atoms with Crippen molar-refractivity contribution in [1.29, 1.82) is 0 Å². The Balaban J connectivity index is 2.12. The molecule has 0 amide bonds. The molecule has 1 aromatic rings. The van der Waals surface area contributed by atoms with E-state index in [9.17, 15) is 0 Å². The molecule has 1 aromatic heterocycles. The van der Waals surface area contributed by atoms with Crippen molar-refractivity contribution in [2.45, 2.75) is 31.8 Å². The van der Waals surface area contributed by atoms with Gasteiger partial charge in [-0.2, -0.15) is 5.10 Å². The van der Waals surface area contributed by atoms with Crippen molar-refractivity contribution in [3.63, 3.8) is 0 Å². The van der Waals surface area contributed by atoms with Gasteiger partial charge in [0.05, 0.1) is 0 Å². The lowest BCUT2D eigenvalue weighted by Gasteiger charge is -2.01. The number of ether oxygens (including phenoxy) is 1. The van der Waals surface area contributed by atoms with Crippen molar-refractivity contribution in [3.8, 4) is 0 Å². The van der Waals surface area contributed by atoms with Gasteiger partial charge in [-0.3, -0.25) is 5.10 Å². The van der Waals surface area contributed by atoms with E-state index in [4.69, 9.17) is 4.74 Å². The van der Waals surface area contributed by atoms with Gasteiger partial charge in [-0.05, 0) is 19.8 Å². The summed E-state index contributed by atoms with van der Waals surface area (Å²) in [4.78, 5) is 4.35. The van der Waals surface area contributed by atoms with Gasteiger partial charge in [0.1, 0.15) is 11.9 Å². The number of nitrogens with one attached hydrogen (secondary N) is 1. The molecule has 1 aliphatic carbocycles. The lowest BCUT2D eigenvalue weighted by Crippen LogP contribution is -1.98. The average molecular weight is 167 g/mol. The summed E-state index contributed by atoms with van der Waals surface area (Å²) in [5.74, 6) is 2.42. The third-order valence-electron chi connectivity index (χ3n) is 2.20. The first-order valence-corrected chi connectivity index (χ1v) is 4.26. The van der Waals surface area contributed by atoms with Gasteiger partial charge in [-0.15, -0.1) is 0 Å². The van der Waals surface area contributed by atoms with Crippen LogP contribution >= 0.6 is 0 Å². The van der Waals surface area contributed by atoms with Crippen molar-refractivity contribution in [3.05, 3.63) is 11.6 Å². The zero-order valence-corrected chi connectivity index (χ0v) is 7.37. The minimum absolute atomic E-state index is 0.00579. The van der Waals surface area contributed by atoms with E-state index < -0.39 is 0 Å². The Morgan fingerprint density at radius 1 is 1.58 bits per heavy atom. The quantitative estimate of drug-likeness (QED) is 0.740. The van der Waals surface area contributed by atoms with Crippen LogP contribution in [0.2, 0.25) is 0 Å². The number of hydrogen-bond acceptors (Lipinski definition) is 3. The topological polar surface area (TPSA) is 50.8 Å². The van der Waals surface area contributed by atoms with E-state index >= 15 is 0 Å². The molecular formula is C8H13N3O. The minimum atomic E-state index is -0.00579. The first-order valence-electron chi connectivity index (χ1n) is 4.26. The molecule has 1 atom stereocenters. The zero-order valence-electron chi connectivity index (χ0n) is 7.37. The van der Waals surface area contributed by atoms with Crippen LogP contribution in [0.5, 0.6) is 0 Å². The first kappa shape index (κ1) is 7.73. The van der Waals surface area contributed by atoms with E-state index in [-0.39, 0.29) is 6.10 Å². The Labute approximate surface area is 71.3 Å². The van der Waals surface area contributed by atoms with Crippen LogP contribution in [0.15, 0.2) is 0 Å². The molecule has 0 saturated heterocycles. The highest BCUT2D eigenvalue weighted by atomic mass is 16.5. The van der Waals surface area contributed by atoms with Crippen molar-refractivity contribution in [2.24, 2.45) is 0 Å². The minimum Gasteiger partial charge on any atom is -0.374 e. The summed E-state index contributed by atoms with van der Waals surface area (Å²) in [6.45, 7) is 1.94. The van der Waals surface area contributed by atoms with E-state index in [0.29, 0.717) is 5.92 Å². The largest absolute Gasteiger partial charge is 0.374 e. The normalized spacial score (nSPS) is 19.5. The highest BCUT2D eigenvalue weighted by Gasteiger charge is 2.27. The molecule has 1 heterocycles. The van der Waals surface area contributed by atoms with Gasteiger partial charge in [0.25, 0.3) is 0 Å². The maximum Gasteiger partial charge on any atom is 0.179 e. The number of aromatic nitrogens is 3. The zero-order chi connectivity index (χ0) is 8.55. The molecule has 12 heavy (non-hydrogen) atoms. The van der Waals surface area contributed by atoms with Gasteiger partial charge in [-0.1, -0.05) is 0 Å². The number of methoxy groups -OCH3 is 1. The van der Waals surface area contributed by atoms with E-state index in [0.717, 1.165) is 11.6 Å². The molecule has 4 nitrogen and oxygen atoms in total. The van der Waals surface area contributed by atoms with Crippen LogP contribution in [0.1, 0.15) is 43.4 Å². The van der Waals surface area contributed by atoms with Crippen LogP contribution in [-0.2, 0) is 4.74 Å². The Morgan fingerprint density at radius 3 is 2.92 bits per heavy atom. The second-order valence-electron chi connectivity index (χ2n) is 3.23. The van der Waals surface area contributed by atoms with Crippen LogP contribution in [-0.4, -0.2) is 22.3 Å². The SMILES string of the molecule is COC(C)c1n[nH]c(C2CC2)n1. The summed E-state index contributed by atoms with van der Waals surface area (Å²) in [5.41, 5.74) is 0. The highest BCUT2D eigenvalue weighted by Crippen LogP contribution is 2.38. The number of hydrogen-bond donors (Lipinski definition) is 1. The van der Waals surface area contributed by atoms with Gasteiger partial charge in [0.2, 0.25) is 0 Å². The molecule has 0 spiro atoms. The van der Waals surface area contributed by atoms with Gasteiger partial charge in [0.15, 0.2) is 5.82 Å². The molecule has 1 fully saturated rings. The van der Waals surface area contributed by atoms with E-state index in [1.807, 2.05) is 6.92 Å². The fourth-order valence-corrected chi connectivity index (χ4v) is 1.11. The number of H-pyrrole nitrogens is 1. The molecule has 0 radical (unpaired) electrons. The van der Waals surface area contributed by atoms with Crippen LogP contribution < -0.4 is 0 Å². The average Bonchev–Trinajstić information content (AvgIpc) is 2.83. The summed E-state index contributed by atoms with van der Waals surface area (Å²) < 4.78 is 5.10. The second-order valence-corrected chi connectivity index (χ2v) is 3.23. The van der Waals surface area contributed by atoms with Gasteiger partial charge < -0.3 is 4.74 Å². The molecule has 1 unspecified atom stereocenters. The number of rotatable bonds is 3. The molecule has 66 valence electrons. The smallest absolute Gasteiger partial charge is 0.179 e. The Hall–Kier alpha value is -0.900. The Kier molecular flexibility index (Phi) is 1.84. The fourth-order valence-electron chi connectivity index (χ4n) is 1.11. The lowest BCUT2D eigenvalue weighted by atomic mass is 10.4. The highest BCUT2D eigenvalue weighted by molar-refractivity contribution is 5.05. The monoisotopic (exact) mass is 167 g/mol. The van der Waals surface area contributed by atoms with Gasteiger partial charge >= 0.3 is 0 Å². The maximum atomic E-state index is 5.10. The third kappa shape index (κ3) is 1.34. The van der Waals surface area contributed by atoms with E-state index in [1.54, 1.807) is 7.11 Å². The first-order chi connectivity index (χ1) is 5.81. The van der Waals surface area contributed by atoms with Crippen molar-refractivity contribution in [2.75, 3.05) is 7.11 Å². The number of aromatic amines is 1. The van der Waals surface area contributed by atoms with Gasteiger partial charge in [0, 0.05) is 13.0 Å². The van der Waals surface area contributed by atoms with Crippen LogP contribution in [0.4, 0.5) is 0 Å². The Morgan fingerprint density at radius 2 is 2.33 bits per heavy atom. The predicted octanol–water partition coefficient (Wildman–Crippen LogP) is 1.39. The molecule has 0 aromatic carbocycles. The molecule has 1 saturated carbocycles. The fraction of sp³-hybridized carbons (Fsp3) is 0.750. The summed E-state index contributed by atoms with van der Waals surface area (Å²) >= 11 is 0. The van der Waals surface area contributed by atoms with Crippen molar-refractivity contribution in [1.82, 2.24) is 15.2 Å². The standard InChI is InChI=1S/C8H13N3O/c1-5(12-2)7-9-8(11-10-7)6-3-4-6/h5-6H,3-4H2,1-2H3,(H,9,10,11). The molecule has 1 aliphatic rings. The molecule has 0 aliphatic heterocycles. The van der Waals surface area contributed by atoms with Gasteiger partial charge in [-0.25, -0.2) is 4.98 Å². The molecule has 2 rings (SSSR count). The Bertz CT molecular complexity index is 267. The van der Waals surface area contributed by atoms with Crippen molar-refractivity contribution >= 4 is 0 Å². The van der Waals surface area contributed by atoms with Crippen molar-refractivity contribution < 1.29 is 4.74 Å². The summed E-state index contributed by atoms with van der Waals surface area (Å²) in [7, 11) is 1.66. The van der Waals surface area contributed by atoms with Crippen LogP contribution in [0.3, 0.4) is 0 Å². The molecular weight excluding hydrogens is 154 g/mol. The third-order valence-corrected chi connectivity index (χ3v) is 2.20. The van der Waals surface area contributed by atoms with E-state index in [1.165, 1.54) is 12.8 Å². The maximum absolute atomic E-state index is 5.10. The summed E-state index contributed by atoms with van der Waals surface area (Å²) in [6.07, 6.45) is 2.49. The summed E-state index contributed by atoms with van der Waals surface area (Å²) in [6, 6.07) is 0. The molecule has 1 N–H and O–H groups in total. The van der Waals surface area contributed by atoms with E-state index in [2.05, 4.69) is 15.2 Å². The number of nitrogens with zero attached hydrogens (tertiary/aromatic N) is 2. The second kappa shape index (κ2) is 2.86. The summed E-state index contributed by atoms with van der Waals surface area (Å²) in [5, 5.41) is 7.03. The lowest BCUT2D eigenvalue weighted by molar-refractivity contribution is 0.112.